The number of urea groups is 1. The molecule has 0 aliphatic carbocycles. The van der Waals surface area contributed by atoms with Gasteiger partial charge in [0.2, 0.25) is 0 Å². The summed E-state index contributed by atoms with van der Waals surface area (Å²) in [6.45, 7) is 0.987. The minimum absolute atomic E-state index is 0.226. The number of carbonyl (C=O) groups excluding carboxylic acids is 2. The zero-order valence-corrected chi connectivity index (χ0v) is 18.1. The fraction of sp³-hybridized carbons (Fsp3) is 0.240. The predicted molar refractivity (Wildman–Crippen MR) is 124 cm³/mol. The molecule has 32 heavy (non-hydrogen) atoms. The van der Waals surface area contributed by atoms with Gasteiger partial charge in [0.1, 0.15) is 6.17 Å². The molecule has 2 unspecified atom stereocenters. The van der Waals surface area contributed by atoms with E-state index in [2.05, 4.69) is 29.6 Å². The highest BCUT2D eigenvalue weighted by Gasteiger charge is 2.52. The van der Waals surface area contributed by atoms with E-state index in [4.69, 9.17) is 4.99 Å². The number of aliphatic imine (C=N–C) groups is 1. The van der Waals surface area contributed by atoms with Crippen LogP contribution in [-0.4, -0.2) is 58.9 Å². The van der Waals surface area contributed by atoms with Crippen LogP contribution in [0.25, 0.3) is 10.8 Å². The quantitative estimate of drug-likeness (QED) is 0.695. The van der Waals surface area contributed by atoms with Crippen LogP contribution in [0.2, 0.25) is 0 Å². The molecular weight excluding hydrogens is 402 g/mol. The number of carbonyl (C=O) groups is 2. The predicted octanol–water partition coefficient (Wildman–Crippen LogP) is 3.02. The van der Waals surface area contributed by atoms with Crippen LogP contribution in [-0.2, 0) is 17.9 Å². The Bertz CT molecular complexity index is 1200. The molecule has 3 amide bonds. The molecule has 2 aliphatic rings. The van der Waals surface area contributed by atoms with Crippen LogP contribution in [0.1, 0.15) is 11.1 Å². The summed E-state index contributed by atoms with van der Waals surface area (Å²) in [4.78, 5) is 35.3. The molecule has 0 saturated carbocycles. The highest BCUT2D eigenvalue weighted by molar-refractivity contribution is 6.04. The lowest BCUT2D eigenvalue weighted by Gasteiger charge is -2.39. The molecular formula is C25H25N5O2. The molecule has 1 N–H and O–H groups in total. The van der Waals surface area contributed by atoms with Crippen molar-refractivity contribution >= 4 is 28.7 Å². The first kappa shape index (κ1) is 20.1. The van der Waals surface area contributed by atoms with Gasteiger partial charge in [-0.25, -0.2) is 9.79 Å². The van der Waals surface area contributed by atoms with E-state index in [1.165, 1.54) is 11.9 Å². The van der Waals surface area contributed by atoms with Gasteiger partial charge in [0, 0.05) is 20.6 Å². The molecule has 0 bridgehead atoms. The SMILES string of the molecule is CN1C(=O)C2C(NC(=NCc3ccccc3)N2Cc2cccc3ccccc23)N(C)C1=O. The summed E-state index contributed by atoms with van der Waals surface area (Å²) in [7, 11) is 3.25. The summed E-state index contributed by atoms with van der Waals surface area (Å²) in [5.74, 6) is 0.399. The van der Waals surface area contributed by atoms with Gasteiger partial charge < -0.3 is 15.1 Å². The molecule has 2 aliphatic heterocycles. The summed E-state index contributed by atoms with van der Waals surface area (Å²) < 4.78 is 0. The Labute approximate surface area is 186 Å². The Morgan fingerprint density at radius 1 is 0.906 bits per heavy atom. The number of guanidine groups is 1. The molecule has 3 aromatic rings. The van der Waals surface area contributed by atoms with Crippen LogP contribution in [0.5, 0.6) is 0 Å². The Balaban J connectivity index is 1.54. The van der Waals surface area contributed by atoms with Gasteiger partial charge in [-0.05, 0) is 21.9 Å². The number of nitrogens with zero attached hydrogens (tertiary/aromatic N) is 4. The number of nitrogens with one attached hydrogen (secondary N) is 1. The second kappa shape index (κ2) is 8.00. The highest BCUT2D eigenvalue weighted by Crippen LogP contribution is 2.28. The van der Waals surface area contributed by atoms with Crippen molar-refractivity contribution < 1.29 is 9.59 Å². The van der Waals surface area contributed by atoms with E-state index < -0.39 is 12.2 Å². The lowest BCUT2D eigenvalue weighted by molar-refractivity contribution is -0.136. The van der Waals surface area contributed by atoms with E-state index in [1.807, 2.05) is 53.4 Å². The van der Waals surface area contributed by atoms with E-state index in [9.17, 15) is 9.59 Å². The van der Waals surface area contributed by atoms with Crippen molar-refractivity contribution in [2.45, 2.75) is 25.3 Å². The molecule has 2 heterocycles. The van der Waals surface area contributed by atoms with Gasteiger partial charge >= 0.3 is 6.03 Å². The fourth-order valence-electron chi connectivity index (χ4n) is 4.49. The van der Waals surface area contributed by atoms with Gasteiger partial charge in [0.25, 0.3) is 5.91 Å². The molecule has 7 heteroatoms. The lowest BCUT2D eigenvalue weighted by atomic mass is 10.0. The van der Waals surface area contributed by atoms with E-state index in [1.54, 1.807) is 11.9 Å². The van der Waals surface area contributed by atoms with Crippen LogP contribution >= 0.6 is 0 Å². The number of amides is 3. The average Bonchev–Trinajstić information content (AvgIpc) is 3.19. The van der Waals surface area contributed by atoms with Gasteiger partial charge in [0.15, 0.2) is 12.0 Å². The summed E-state index contributed by atoms with van der Waals surface area (Å²) in [6, 6.07) is 23.5. The smallest absolute Gasteiger partial charge is 0.327 e. The second-order valence-electron chi connectivity index (χ2n) is 8.22. The largest absolute Gasteiger partial charge is 0.333 e. The zero-order valence-electron chi connectivity index (χ0n) is 18.1. The number of hydrogen-bond donors (Lipinski definition) is 1. The third-order valence-corrected chi connectivity index (χ3v) is 6.25. The molecule has 162 valence electrons. The number of hydrogen-bond acceptors (Lipinski definition) is 3. The Morgan fingerprint density at radius 2 is 1.62 bits per heavy atom. The van der Waals surface area contributed by atoms with Gasteiger partial charge in [0.05, 0.1) is 6.54 Å². The van der Waals surface area contributed by atoms with Crippen molar-refractivity contribution in [3.8, 4) is 0 Å². The first-order chi connectivity index (χ1) is 15.5. The molecule has 2 atom stereocenters. The maximum absolute atomic E-state index is 13.2. The van der Waals surface area contributed by atoms with Crippen molar-refractivity contribution in [2.75, 3.05) is 14.1 Å². The molecule has 5 rings (SSSR count). The van der Waals surface area contributed by atoms with Crippen LogP contribution in [0, 0.1) is 0 Å². The van der Waals surface area contributed by atoms with Gasteiger partial charge in [-0.15, -0.1) is 0 Å². The van der Waals surface area contributed by atoms with Gasteiger partial charge in [-0.1, -0.05) is 72.8 Å². The number of imide groups is 1. The Hall–Kier alpha value is -3.87. The summed E-state index contributed by atoms with van der Waals surface area (Å²) >= 11 is 0. The molecule has 2 fully saturated rings. The second-order valence-corrected chi connectivity index (χ2v) is 8.22. The van der Waals surface area contributed by atoms with Crippen LogP contribution < -0.4 is 5.32 Å². The van der Waals surface area contributed by atoms with Gasteiger partial charge in [-0.3, -0.25) is 9.69 Å². The molecule has 7 nitrogen and oxygen atoms in total. The normalized spacial score (nSPS) is 21.9. The van der Waals surface area contributed by atoms with Crippen molar-refractivity contribution in [3.05, 3.63) is 83.9 Å². The monoisotopic (exact) mass is 427 g/mol. The first-order valence-electron chi connectivity index (χ1n) is 10.7. The molecule has 3 aromatic carbocycles. The summed E-state index contributed by atoms with van der Waals surface area (Å²) in [5, 5.41) is 5.64. The van der Waals surface area contributed by atoms with E-state index in [0.717, 1.165) is 21.9 Å². The van der Waals surface area contributed by atoms with Crippen LogP contribution in [0.3, 0.4) is 0 Å². The molecule has 2 saturated heterocycles. The maximum atomic E-state index is 13.2. The lowest BCUT2D eigenvalue weighted by Crippen LogP contribution is -2.65. The standard InChI is InChI=1S/C25H25N5O2/c1-28-22-21(23(31)29(2)25(28)32)30(24(27-22)26-15-17-9-4-3-5-10-17)16-19-13-8-12-18-11-6-7-14-20(18)19/h3-14,21-22H,15-16H2,1-2H3,(H,26,27). The number of likely N-dealkylation sites (N-methyl/N-ethyl adjacent to an activating group) is 2. The van der Waals surface area contributed by atoms with Crippen molar-refractivity contribution in [1.29, 1.82) is 0 Å². The van der Waals surface area contributed by atoms with E-state index in [0.29, 0.717) is 19.0 Å². The van der Waals surface area contributed by atoms with E-state index >= 15 is 0 Å². The van der Waals surface area contributed by atoms with Gasteiger partial charge in [-0.2, -0.15) is 0 Å². The zero-order chi connectivity index (χ0) is 22.2. The molecule has 0 radical (unpaired) electrons. The first-order valence-corrected chi connectivity index (χ1v) is 10.7. The minimum Gasteiger partial charge on any atom is -0.333 e. The number of fused-ring (bicyclic) bond motifs is 2. The van der Waals surface area contributed by atoms with Crippen molar-refractivity contribution in [3.63, 3.8) is 0 Å². The minimum atomic E-state index is -0.545. The fourth-order valence-corrected chi connectivity index (χ4v) is 4.49. The summed E-state index contributed by atoms with van der Waals surface area (Å²) in [5.41, 5.74) is 2.18. The van der Waals surface area contributed by atoms with E-state index in [-0.39, 0.29) is 11.9 Å². The number of benzene rings is 3. The Kier molecular flexibility index (Phi) is 5.01. The maximum Gasteiger partial charge on any atom is 0.327 e. The Morgan fingerprint density at radius 3 is 2.44 bits per heavy atom. The van der Waals surface area contributed by atoms with Crippen LogP contribution in [0.4, 0.5) is 4.79 Å². The number of rotatable bonds is 4. The van der Waals surface area contributed by atoms with Crippen molar-refractivity contribution in [1.82, 2.24) is 20.0 Å². The average molecular weight is 428 g/mol. The molecule has 0 aromatic heterocycles. The molecule has 0 spiro atoms. The third kappa shape index (κ3) is 3.36. The van der Waals surface area contributed by atoms with Crippen molar-refractivity contribution in [2.24, 2.45) is 4.99 Å². The highest BCUT2D eigenvalue weighted by atomic mass is 16.2. The summed E-state index contributed by atoms with van der Waals surface area (Å²) in [6.07, 6.45) is -0.462. The third-order valence-electron chi connectivity index (χ3n) is 6.25. The topological polar surface area (TPSA) is 68.2 Å². The van der Waals surface area contributed by atoms with Crippen LogP contribution in [0.15, 0.2) is 77.8 Å².